The van der Waals surface area contributed by atoms with Crippen molar-refractivity contribution in [3.05, 3.63) is 30.3 Å². The fraction of sp³-hybridized carbons (Fsp3) is 0. The molecule has 0 bridgehead atoms. The van der Waals surface area contributed by atoms with Gasteiger partial charge in [0.1, 0.15) is 9.79 Å². The summed E-state index contributed by atoms with van der Waals surface area (Å²) in [4.78, 5) is -1.75. The zero-order chi connectivity index (χ0) is 14.4. The van der Waals surface area contributed by atoms with Crippen LogP contribution in [0.5, 0.6) is 0 Å². The lowest BCUT2D eigenvalue weighted by molar-refractivity contribution is 0.467. The quantitative estimate of drug-likeness (QED) is 0.554. The second-order valence-electron chi connectivity index (χ2n) is 3.82. The minimum absolute atomic E-state index is 0.0492. The lowest BCUT2D eigenvalue weighted by atomic mass is 10.1. The standard InChI is InChI=1S/C10H9NO6S2/c11-7-2-3-8-6(5-7)1-4-9(18(12,13)14)10(8)19(15,16)17/h1-5H,11H2,(H,12,13,14)(H,15,16,17). The molecule has 0 aromatic heterocycles. The third-order valence-corrected chi connectivity index (χ3v) is 4.48. The fourth-order valence-electron chi connectivity index (χ4n) is 1.77. The highest BCUT2D eigenvalue weighted by Gasteiger charge is 2.26. The summed E-state index contributed by atoms with van der Waals surface area (Å²) in [7, 11) is -9.62. The van der Waals surface area contributed by atoms with Gasteiger partial charge in [-0.15, -0.1) is 0 Å². The van der Waals surface area contributed by atoms with Crippen molar-refractivity contribution < 1.29 is 25.9 Å². The molecule has 0 radical (unpaired) electrons. The third-order valence-electron chi connectivity index (χ3n) is 2.49. The second-order valence-corrected chi connectivity index (χ2v) is 6.57. The molecule has 2 rings (SSSR count). The highest BCUT2D eigenvalue weighted by Crippen LogP contribution is 2.30. The number of rotatable bonds is 2. The van der Waals surface area contributed by atoms with E-state index in [1.807, 2.05) is 0 Å². The molecule has 0 fully saturated rings. The number of hydrogen-bond acceptors (Lipinski definition) is 5. The first kappa shape index (κ1) is 13.7. The van der Waals surface area contributed by atoms with Gasteiger partial charge in [-0.1, -0.05) is 12.1 Å². The van der Waals surface area contributed by atoms with Crippen LogP contribution in [0.15, 0.2) is 40.1 Å². The van der Waals surface area contributed by atoms with E-state index in [2.05, 4.69) is 0 Å². The van der Waals surface area contributed by atoms with Gasteiger partial charge in [0.05, 0.1) is 0 Å². The molecule has 0 saturated heterocycles. The topological polar surface area (TPSA) is 135 Å². The Morgan fingerprint density at radius 1 is 0.895 bits per heavy atom. The Morgan fingerprint density at radius 3 is 2.05 bits per heavy atom. The van der Waals surface area contributed by atoms with Gasteiger partial charge in [-0.25, -0.2) is 0 Å². The highest BCUT2D eigenvalue weighted by molar-refractivity contribution is 7.89. The van der Waals surface area contributed by atoms with Crippen LogP contribution in [0.4, 0.5) is 5.69 Å². The van der Waals surface area contributed by atoms with E-state index >= 15 is 0 Å². The van der Waals surface area contributed by atoms with Crippen LogP contribution >= 0.6 is 0 Å². The van der Waals surface area contributed by atoms with Gasteiger partial charge in [-0.05, 0) is 23.6 Å². The van der Waals surface area contributed by atoms with E-state index in [1.54, 1.807) is 0 Å². The second kappa shape index (κ2) is 4.17. The molecule has 2 aromatic carbocycles. The Morgan fingerprint density at radius 2 is 1.53 bits per heavy atom. The molecule has 19 heavy (non-hydrogen) atoms. The molecule has 0 aliphatic rings. The lowest BCUT2D eigenvalue weighted by Gasteiger charge is -2.09. The van der Waals surface area contributed by atoms with Crippen LogP contribution in [0.3, 0.4) is 0 Å². The third kappa shape index (κ3) is 2.54. The van der Waals surface area contributed by atoms with Crippen molar-refractivity contribution in [1.29, 1.82) is 0 Å². The van der Waals surface area contributed by atoms with E-state index < -0.39 is 30.0 Å². The monoisotopic (exact) mass is 303 g/mol. The summed E-state index contributed by atoms with van der Waals surface area (Å²) >= 11 is 0. The zero-order valence-electron chi connectivity index (χ0n) is 9.31. The lowest BCUT2D eigenvalue weighted by Crippen LogP contribution is -2.09. The van der Waals surface area contributed by atoms with E-state index in [0.29, 0.717) is 11.1 Å². The van der Waals surface area contributed by atoms with Crippen molar-refractivity contribution in [1.82, 2.24) is 0 Å². The normalized spacial score (nSPS) is 12.7. The van der Waals surface area contributed by atoms with Crippen molar-refractivity contribution in [3.63, 3.8) is 0 Å². The van der Waals surface area contributed by atoms with Crippen LogP contribution in [0, 0.1) is 0 Å². The van der Waals surface area contributed by atoms with E-state index in [0.717, 1.165) is 6.07 Å². The van der Waals surface area contributed by atoms with Crippen LogP contribution in [0.25, 0.3) is 10.8 Å². The Bertz CT molecular complexity index is 870. The molecule has 2 aromatic rings. The Hall–Kier alpha value is -1.68. The van der Waals surface area contributed by atoms with Crippen molar-refractivity contribution in [2.45, 2.75) is 9.79 Å². The molecule has 0 heterocycles. The van der Waals surface area contributed by atoms with Crippen molar-refractivity contribution in [3.8, 4) is 0 Å². The largest absolute Gasteiger partial charge is 0.399 e. The summed E-state index contributed by atoms with van der Waals surface area (Å²) < 4.78 is 63.2. The number of nitrogen functional groups attached to an aromatic ring is 1. The van der Waals surface area contributed by atoms with Gasteiger partial charge in [-0.2, -0.15) is 16.8 Å². The molecule has 0 atom stereocenters. The van der Waals surface area contributed by atoms with Gasteiger partial charge in [0.15, 0.2) is 0 Å². The molecule has 7 nitrogen and oxygen atoms in total. The fourth-order valence-corrected chi connectivity index (χ4v) is 3.77. The van der Waals surface area contributed by atoms with Crippen molar-refractivity contribution >= 4 is 36.7 Å². The first-order valence-electron chi connectivity index (χ1n) is 4.88. The van der Waals surface area contributed by atoms with Gasteiger partial charge in [0.25, 0.3) is 20.2 Å². The molecule has 9 heteroatoms. The summed E-state index contributed by atoms with van der Waals surface area (Å²) in [6.07, 6.45) is 0. The molecular formula is C10H9NO6S2. The minimum Gasteiger partial charge on any atom is -0.399 e. The van der Waals surface area contributed by atoms with E-state index in [1.165, 1.54) is 24.3 Å². The van der Waals surface area contributed by atoms with Gasteiger partial charge in [0.2, 0.25) is 0 Å². The van der Waals surface area contributed by atoms with E-state index in [9.17, 15) is 16.8 Å². The summed E-state index contributed by atoms with van der Waals surface area (Å²) in [5.74, 6) is 0. The summed E-state index contributed by atoms with van der Waals surface area (Å²) in [5, 5.41) is 0.270. The Balaban J connectivity index is 3.07. The highest BCUT2D eigenvalue weighted by atomic mass is 32.2. The van der Waals surface area contributed by atoms with Crippen molar-refractivity contribution in [2.24, 2.45) is 0 Å². The molecule has 0 spiro atoms. The Kier molecular flexibility index (Phi) is 3.01. The molecular weight excluding hydrogens is 294 g/mol. The minimum atomic E-state index is -4.84. The molecule has 0 aliphatic heterocycles. The van der Waals surface area contributed by atoms with Crippen LogP contribution < -0.4 is 5.73 Å². The smallest absolute Gasteiger partial charge is 0.296 e. The molecule has 0 aliphatic carbocycles. The first-order valence-corrected chi connectivity index (χ1v) is 7.76. The molecule has 0 saturated carbocycles. The predicted octanol–water partition coefficient (Wildman–Crippen LogP) is 0.915. The number of anilines is 1. The van der Waals surface area contributed by atoms with Gasteiger partial charge < -0.3 is 5.73 Å². The zero-order valence-corrected chi connectivity index (χ0v) is 10.9. The number of nitrogens with two attached hydrogens (primary N) is 1. The molecule has 102 valence electrons. The van der Waals surface area contributed by atoms with Gasteiger partial charge in [0, 0.05) is 11.1 Å². The summed E-state index contributed by atoms with van der Waals surface area (Å²) in [6.45, 7) is 0. The molecule has 0 unspecified atom stereocenters. The number of fused-ring (bicyclic) bond motifs is 1. The first-order chi connectivity index (χ1) is 8.60. The molecule has 4 N–H and O–H groups in total. The van der Waals surface area contributed by atoms with Crippen molar-refractivity contribution in [2.75, 3.05) is 5.73 Å². The predicted molar refractivity (Wildman–Crippen MR) is 68.0 cm³/mol. The van der Waals surface area contributed by atoms with E-state index in [-0.39, 0.29) is 5.39 Å². The summed E-state index contributed by atoms with van der Waals surface area (Å²) in [5.41, 5.74) is 5.87. The maximum Gasteiger partial charge on any atom is 0.296 e. The molecule has 0 amide bonds. The SMILES string of the molecule is Nc1ccc2c(S(=O)(=O)O)c(S(=O)(=O)O)ccc2c1. The van der Waals surface area contributed by atoms with Crippen LogP contribution in [0.2, 0.25) is 0 Å². The maximum atomic E-state index is 11.3. The number of benzene rings is 2. The number of hydrogen-bond donors (Lipinski definition) is 3. The average molecular weight is 303 g/mol. The van der Waals surface area contributed by atoms with Gasteiger partial charge in [-0.3, -0.25) is 9.11 Å². The average Bonchev–Trinajstić information content (AvgIpc) is 2.24. The van der Waals surface area contributed by atoms with Crippen LogP contribution in [0.1, 0.15) is 0 Å². The maximum absolute atomic E-state index is 11.3. The van der Waals surface area contributed by atoms with Crippen LogP contribution in [-0.2, 0) is 20.2 Å². The summed E-state index contributed by atoms with van der Waals surface area (Å²) in [6, 6.07) is 6.19. The van der Waals surface area contributed by atoms with E-state index in [4.69, 9.17) is 14.8 Å². The Labute approximate surface area is 109 Å². The van der Waals surface area contributed by atoms with Gasteiger partial charge >= 0.3 is 0 Å². The van der Waals surface area contributed by atoms with Crippen LogP contribution in [-0.4, -0.2) is 25.9 Å².